The molecule has 0 saturated carbocycles. The van der Waals surface area contributed by atoms with Gasteiger partial charge in [-0.15, -0.1) is 6.42 Å². The highest BCUT2D eigenvalue weighted by Crippen LogP contribution is 2.31. The van der Waals surface area contributed by atoms with Gasteiger partial charge in [-0.05, 0) is 11.1 Å². The molecule has 31 heavy (non-hydrogen) atoms. The van der Waals surface area contributed by atoms with Crippen molar-refractivity contribution in [2.24, 2.45) is 0 Å². The van der Waals surface area contributed by atoms with Crippen LogP contribution in [-0.2, 0) is 34.4 Å². The SMILES string of the molecule is C#CCOC1COc2c(S(=O)(=O)N(Cc3ccccc3)Cc3ccccc3)cnn2C1. The molecule has 3 aromatic rings. The maximum atomic E-state index is 13.7. The Morgan fingerprint density at radius 1 is 1.10 bits per heavy atom. The molecular weight excluding hydrogens is 414 g/mol. The highest BCUT2D eigenvalue weighted by atomic mass is 32.2. The van der Waals surface area contributed by atoms with E-state index in [1.807, 2.05) is 60.7 Å². The number of benzene rings is 2. The van der Waals surface area contributed by atoms with E-state index in [1.54, 1.807) is 0 Å². The molecule has 2 heterocycles. The molecule has 1 aliphatic heterocycles. The Kier molecular flexibility index (Phi) is 6.37. The summed E-state index contributed by atoms with van der Waals surface area (Å²) in [6.07, 6.45) is 6.31. The Morgan fingerprint density at radius 2 is 1.71 bits per heavy atom. The first-order chi connectivity index (χ1) is 15.1. The summed E-state index contributed by atoms with van der Waals surface area (Å²) < 4.78 is 41.5. The van der Waals surface area contributed by atoms with Crippen LogP contribution in [0.2, 0.25) is 0 Å². The van der Waals surface area contributed by atoms with Gasteiger partial charge in [-0.1, -0.05) is 66.6 Å². The van der Waals surface area contributed by atoms with E-state index in [4.69, 9.17) is 15.9 Å². The summed E-state index contributed by atoms with van der Waals surface area (Å²) in [7, 11) is -3.88. The van der Waals surface area contributed by atoms with Gasteiger partial charge in [-0.2, -0.15) is 9.40 Å². The van der Waals surface area contributed by atoms with Gasteiger partial charge in [0, 0.05) is 13.1 Å². The summed E-state index contributed by atoms with van der Waals surface area (Å²) >= 11 is 0. The molecule has 0 aliphatic carbocycles. The molecule has 1 unspecified atom stereocenters. The fraction of sp³-hybridized carbons (Fsp3) is 0.261. The predicted octanol–water partition coefficient (Wildman–Crippen LogP) is 2.69. The van der Waals surface area contributed by atoms with Crippen molar-refractivity contribution in [2.75, 3.05) is 13.2 Å². The van der Waals surface area contributed by atoms with Crippen molar-refractivity contribution in [3.05, 3.63) is 78.0 Å². The fourth-order valence-electron chi connectivity index (χ4n) is 3.43. The van der Waals surface area contributed by atoms with E-state index < -0.39 is 10.0 Å². The van der Waals surface area contributed by atoms with Crippen LogP contribution >= 0.6 is 0 Å². The summed E-state index contributed by atoms with van der Waals surface area (Å²) in [5.74, 6) is 2.65. The molecule has 0 bridgehead atoms. The fourth-order valence-corrected chi connectivity index (χ4v) is 4.91. The van der Waals surface area contributed by atoms with Crippen molar-refractivity contribution in [1.29, 1.82) is 0 Å². The normalized spacial score (nSPS) is 15.8. The number of hydrogen-bond donors (Lipinski definition) is 0. The maximum Gasteiger partial charge on any atom is 0.250 e. The van der Waals surface area contributed by atoms with Gasteiger partial charge in [0.15, 0.2) is 4.90 Å². The average molecular weight is 438 g/mol. The van der Waals surface area contributed by atoms with Gasteiger partial charge in [0.1, 0.15) is 19.3 Å². The average Bonchev–Trinajstić information content (AvgIpc) is 3.23. The predicted molar refractivity (Wildman–Crippen MR) is 116 cm³/mol. The number of terminal acetylenes is 1. The maximum absolute atomic E-state index is 13.7. The number of hydrogen-bond acceptors (Lipinski definition) is 5. The summed E-state index contributed by atoms with van der Waals surface area (Å²) in [5, 5.41) is 4.23. The van der Waals surface area contributed by atoms with E-state index in [2.05, 4.69) is 11.0 Å². The molecule has 4 rings (SSSR count). The van der Waals surface area contributed by atoms with Crippen LogP contribution < -0.4 is 4.74 Å². The minimum Gasteiger partial charge on any atom is -0.474 e. The smallest absolute Gasteiger partial charge is 0.250 e. The zero-order valence-corrected chi connectivity index (χ0v) is 17.7. The topological polar surface area (TPSA) is 73.7 Å². The van der Waals surface area contributed by atoms with Gasteiger partial charge in [0.05, 0.1) is 12.7 Å². The first-order valence-electron chi connectivity index (χ1n) is 9.89. The van der Waals surface area contributed by atoms with Gasteiger partial charge in [0.2, 0.25) is 5.88 Å². The van der Waals surface area contributed by atoms with Gasteiger partial charge in [-0.25, -0.2) is 13.1 Å². The number of rotatable bonds is 8. The van der Waals surface area contributed by atoms with Crippen LogP contribution in [0.1, 0.15) is 11.1 Å². The number of nitrogens with zero attached hydrogens (tertiary/aromatic N) is 3. The first kappa shape index (κ1) is 21.1. The molecule has 160 valence electrons. The van der Waals surface area contributed by atoms with Crippen molar-refractivity contribution in [1.82, 2.24) is 14.1 Å². The van der Waals surface area contributed by atoms with Crippen LogP contribution in [0.3, 0.4) is 0 Å². The van der Waals surface area contributed by atoms with E-state index in [-0.39, 0.29) is 43.2 Å². The summed E-state index contributed by atoms with van der Waals surface area (Å²) in [6, 6.07) is 19.0. The Morgan fingerprint density at radius 3 is 2.29 bits per heavy atom. The minimum atomic E-state index is -3.88. The lowest BCUT2D eigenvalue weighted by Crippen LogP contribution is -2.34. The number of ether oxygens (including phenoxy) is 2. The Bertz CT molecular complexity index is 1110. The highest BCUT2D eigenvalue weighted by molar-refractivity contribution is 7.89. The van der Waals surface area contributed by atoms with E-state index in [0.29, 0.717) is 6.54 Å². The molecule has 0 N–H and O–H groups in total. The van der Waals surface area contributed by atoms with Crippen molar-refractivity contribution in [2.45, 2.75) is 30.6 Å². The molecule has 2 aromatic carbocycles. The lowest BCUT2D eigenvalue weighted by molar-refractivity contribution is 0.00155. The highest BCUT2D eigenvalue weighted by Gasteiger charge is 2.34. The molecule has 7 nitrogen and oxygen atoms in total. The molecule has 0 amide bonds. The Hall–Kier alpha value is -3.12. The second kappa shape index (κ2) is 9.35. The lowest BCUT2D eigenvalue weighted by Gasteiger charge is -2.26. The quantitative estimate of drug-likeness (QED) is 0.507. The van der Waals surface area contributed by atoms with Crippen LogP contribution in [0.15, 0.2) is 71.8 Å². The molecule has 0 radical (unpaired) electrons. The zero-order valence-electron chi connectivity index (χ0n) is 16.9. The Balaban J connectivity index is 1.63. The molecule has 1 atom stereocenters. The monoisotopic (exact) mass is 437 g/mol. The van der Waals surface area contributed by atoms with Crippen LogP contribution in [0.5, 0.6) is 5.88 Å². The van der Waals surface area contributed by atoms with Crippen molar-refractivity contribution in [3.63, 3.8) is 0 Å². The van der Waals surface area contributed by atoms with E-state index in [1.165, 1.54) is 15.2 Å². The summed E-state index contributed by atoms with van der Waals surface area (Å²) in [4.78, 5) is 0.0507. The number of aromatic nitrogens is 2. The molecule has 0 fully saturated rings. The standard InChI is InChI=1S/C23H23N3O4S/c1-2-13-29-21-17-26-23(30-18-21)22(14-24-26)31(27,28)25(15-19-9-5-3-6-10-19)16-20-11-7-4-8-12-20/h1,3-12,14,21H,13,15-18H2. The first-order valence-corrected chi connectivity index (χ1v) is 11.3. The third-order valence-electron chi connectivity index (χ3n) is 4.97. The van der Waals surface area contributed by atoms with Crippen LogP contribution in [0.4, 0.5) is 0 Å². The van der Waals surface area contributed by atoms with Crippen LogP contribution in [0.25, 0.3) is 0 Å². The van der Waals surface area contributed by atoms with Gasteiger partial charge in [-0.3, -0.25) is 0 Å². The van der Waals surface area contributed by atoms with Crippen molar-refractivity contribution < 1.29 is 17.9 Å². The summed E-state index contributed by atoms with van der Waals surface area (Å²) in [6.45, 7) is 1.22. The third kappa shape index (κ3) is 4.80. The molecular formula is C23H23N3O4S. The van der Waals surface area contributed by atoms with Gasteiger partial charge < -0.3 is 9.47 Å². The van der Waals surface area contributed by atoms with Crippen molar-refractivity contribution in [3.8, 4) is 18.2 Å². The number of fused-ring (bicyclic) bond motifs is 1. The number of sulfonamides is 1. The Labute approximate surface area is 182 Å². The molecule has 1 aliphatic rings. The second-order valence-corrected chi connectivity index (χ2v) is 9.09. The molecule has 0 saturated heterocycles. The lowest BCUT2D eigenvalue weighted by atomic mass is 10.2. The zero-order chi connectivity index (χ0) is 21.7. The van der Waals surface area contributed by atoms with E-state index in [0.717, 1.165) is 11.1 Å². The van der Waals surface area contributed by atoms with E-state index >= 15 is 0 Å². The minimum absolute atomic E-state index is 0.0507. The largest absolute Gasteiger partial charge is 0.474 e. The van der Waals surface area contributed by atoms with Gasteiger partial charge in [0.25, 0.3) is 10.0 Å². The van der Waals surface area contributed by atoms with E-state index in [9.17, 15) is 8.42 Å². The van der Waals surface area contributed by atoms with Gasteiger partial charge >= 0.3 is 0 Å². The molecule has 1 aromatic heterocycles. The molecule has 8 heteroatoms. The van der Waals surface area contributed by atoms with Crippen LogP contribution in [0, 0.1) is 12.3 Å². The second-order valence-electron chi connectivity index (χ2n) is 7.19. The molecule has 0 spiro atoms. The van der Waals surface area contributed by atoms with Crippen molar-refractivity contribution >= 4 is 10.0 Å². The summed E-state index contributed by atoms with van der Waals surface area (Å²) in [5.41, 5.74) is 1.79. The third-order valence-corrected chi connectivity index (χ3v) is 6.74. The van der Waals surface area contributed by atoms with Crippen LogP contribution in [-0.4, -0.2) is 41.8 Å².